The van der Waals surface area contributed by atoms with Crippen molar-refractivity contribution in [2.75, 3.05) is 14.1 Å². The highest BCUT2D eigenvalue weighted by atomic mass is 16.2. The van der Waals surface area contributed by atoms with Crippen molar-refractivity contribution in [3.8, 4) is 0 Å². The number of carbonyl (C=O) groups is 1. The summed E-state index contributed by atoms with van der Waals surface area (Å²) in [7, 11) is 3.82. The van der Waals surface area contributed by atoms with Crippen molar-refractivity contribution < 1.29 is 4.79 Å². The van der Waals surface area contributed by atoms with Crippen LogP contribution in [0, 0.1) is 24.2 Å². The fourth-order valence-corrected chi connectivity index (χ4v) is 6.09. The number of nitrogens with zero attached hydrogens (tertiary/aromatic N) is 1. The molecule has 2 atom stereocenters. The number of carbonyl (C=O) groups excluding carboxylic acids is 1. The molecule has 0 radical (unpaired) electrons. The molecule has 3 nitrogen and oxygen atoms in total. The van der Waals surface area contributed by atoms with Crippen LogP contribution in [0.2, 0.25) is 0 Å². The third-order valence-corrected chi connectivity index (χ3v) is 6.53. The standard InChI is InChI=1S/C20H28N2O/c1-14-4-6-17(7-5-14)19-9-15-8-16(10-19)12-20(11-15,13-19)18(23)21-22(2)3/h4-7,15-16H,8-13H2,1-3H3,(H,21,23)/t15-,16-,19?,20?/m1/s1. The molecule has 3 heteroatoms. The molecule has 1 N–H and O–H groups in total. The van der Waals surface area contributed by atoms with Gasteiger partial charge in [0.2, 0.25) is 5.91 Å². The molecule has 4 aliphatic rings. The number of amides is 1. The molecular weight excluding hydrogens is 284 g/mol. The molecule has 1 aromatic carbocycles. The van der Waals surface area contributed by atoms with Gasteiger partial charge in [0.05, 0.1) is 5.41 Å². The highest BCUT2D eigenvalue weighted by Crippen LogP contribution is 2.65. The Labute approximate surface area is 139 Å². The van der Waals surface area contributed by atoms with Crippen molar-refractivity contribution >= 4 is 5.91 Å². The molecule has 4 bridgehead atoms. The van der Waals surface area contributed by atoms with Crippen LogP contribution in [-0.2, 0) is 10.2 Å². The van der Waals surface area contributed by atoms with E-state index in [9.17, 15) is 4.79 Å². The molecule has 0 aliphatic heterocycles. The first-order valence-corrected chi connectivity index (χ1v) is 8.96. The Balaban J connectivity index is 1.70. The smallest absolute Gasteiger partial charge is 0.240 e. The molecule has 4 saturated carbocycles. The summed E-state index contributed by atoms with van der Waals surface area (Å²) in [5.41, 5.74) is 5.96. The van der Waals surface area contributed by atoms with Gasteiger partial charge in [0.1, 0.15) is 0 Å². The first-order valence-electron chi connectivity index (χ1n) is 8.96. The number of hydrogen-bond acceptors (Lipinski definition) is 2. The molecule has 23 heavy (non-hydrogen) atoms. The molecule has 5 rings (SSSR count). The lowest BCUT2D eigenvalue weighted by atomic mass is 9.42. The Morgan fingerprint density at radius 1 is 1.09 bits per heavy atom. The van der Waals surface area contributed by atoms with E-state index >= 15 is 0 Å². The second-order valence-corrected chi connectivity index (χ2v) is 8.72. The highest BCUT2D eigenvalue weighted by Gasteiger charge is 2.60. The fraction of sp³-hybridized carbons (Fsp3) is 0.650. The average molecular weight is 312 g/mol. The van der Waals surface area contributed by atoms with Gasteiger partial charge in [-0.3, -0.25) is 10.2 Å². The van der Waals surface area contributed by atoms with Crippen molar-refractivity contribution in [2.45, 2.75) is 50.9 Å². The Morgan fingerprint density at radius 2 is 1.70 bits per heavy atom. The minimum atomic E-state index is -0.140. The van der Waals surface area contributed by atoms with Crippen molar-refractivity contribution in [2.24, 2.45) is 17.3 Å². The van der Waals surface area contributed by atoms with E-state index in [1.54, 1.807) is 5.01 Å². The van der Waals surface area contributed by atoms with E-state index in [-0.39, 0.29) is 16.7 Å². The maximum atomic E-state index is 13.0. The van der Waals surface area contributed by atoms with Gasteiger partial charge in [0.25, 0.3) is 0 Å². The van der Waals surface area contributed by atoms with E-state index in [0.717, 1.165) is 31.1 Å². The van der Waals surface area contributed by atoms with E-state index in [4.69, 9.17) is 0 Å². The van der Waals surface area contributed by atoms with E-state index in [1.807, 2.05) is 14.1 Å². The van der Waals surface area contributed by atoms with Crippen molar-refractivity contribution in [3.63, 3.8) is 0 Å². The average Bonchev–Trinajstić information content (AvgIpc) is 2.45. The van der Waals surface area contributed by atoms with Gasteiger partial charge >= 0.3 is 0 Å². The molecule has 0 heterocycles. The van der Waals surface area contributed by atoms with Crippen LogP contribution in [0.4, 0.5) is 0 Å². The summed E-state index contributed by atoms with van der Waals surface area (Å²) in [4.78, 5) is 13.0. The highest BCUT2D eigenvalue weighted by molar-refractivity contribution is 5.83. The summed E-state index contributed by atoms with van der Waals surface area (Å²) >= 11 is 0. The minimum Gasteiger partial charge on any atom is -0.289 e. The van der Waals surface area contributed by atoms with E-state index in [0.29, 0.717) is 0 Å². The summed E-state index contributed by atoms with van der Waals surface area (Å²) in [6.07, 6.45) is 7.13. The number of hydrazine groups is 1. The largest absolute Gasteiger partial charge is 0.289 e. The Kier molecular flexibility index (Phi) is 3.35. The quantitative estimate of drug-likeness (QED) is 0.867. The zero-order valence-corrected chi connectivity index (χ0v) is 14.6. The van der Waals surface area contributed by atoms with Gasteiger partial charge in [-0.15, -0.1) is 0 Å². The molecule has 124 valence electrons. The minimum absolute atomic E-state index is 0.140. The van der Waals surface area contributed by atoms with Crippen LogP contribution in [0.25, 0.3) is 0 Å². The van der Waals surface area contributed by atoms with Crippen molar-refractivity contribution in [1.29, 1.82) is 0 Å². The van der Waals surface area contributed by atoms with E-state index < -0.39 is 0 Å². The topological polar surface area (TPSA) is 32.3 Å². The van der Waals surface area contributed by atoms with E-state index in [1.165, 1.54) is 30.4 Å². The summed E-state index contributed by atoms with van der Waals surface area (Å²) in [6.45, 7) is 2.15. The molecule has 4 fully saturated rings. The first kappa shape index (κ1) is 15.2. The zero-order chi connectivity index (χ0) is 16.2. The Morgan fingerprint density at radius 3 is 2.26 bits per heavy atom. The van der Waals surface area contributed by atoms with Gasteiger partial charge < -0.3 is 0 Å². The van der Waals surface area contributed by atoms with Crippen LogP contribution in [0.3, 0.4) is 0 Å². The van der Waals surface area contributed by atoms with Gasteiger partial charge in [0, 0.05) is 14.1 Å². The van der Waals surface area contributed by atoms with Gasteiger partial charge in [-0.2, -0.15) is 0 Å². The predicted molar refractivity (Wildman–Crippen MR) is 91.8 cm³/mol. The molecule has 0 aromatic heterocycles. The van der Waals surface area contributed by atoms with Gasteiger partial charge in [-0.1, -0.05) is 29.8 Å². The lowest BCUT2D eigenvalue weighted by Crippen LogP contribution is -2.60. The molecule has 0 saturated heterocycles. The molecule has 0 spiro atoms. The third kappa shape index (κ3) is 2.40. The normalized spacial score (nSPS) is 38.1. The lowest BCUT2D eigenvalue weighted by molar-refractivity contribution is -0.153. The van der Waals surface area contributed by atoms with E-state index in [2.05, 4.69) is 36.6 Å². The Bertz CT molecular complexity index is 605. The molecule has 0 unspecified atom stereocenters. The van der Waals surface area contributed by atoms with Crippen LogP contribution in [0.15, 0.2) is 24.3 Å². The predicted octanol–water partition coefficient (Wildman–Crippen LogP) is 3.43. The summed E-state index contributed by atoms with van der Waals surface area (Å²) in [5, 5.41) is 1.81. The second-order valence-electron chi connectivity index (χ2n) is 8.72. The third-order valence-electron chi connectivity index (χ3n) is 6.53. The maximum Gasteiger partial charge on any atom is 0.240 e. The van der Waals surface area contributed by atoms with Gasteiger partial charge in [0.15, 0.2) is 0 Å². The Hall–Kier alpha value is -1.35. The molecule has 1 amide bonds. The fourth-order valence-electron chi connectivity index (χ4n) is 6.09. The van der Waals surface area contributed by atoms with Crippen LogP contribution >= 0.6 is 0 Å². The lowest BCUT2D eigenvalue weighted by Gasteiger charge is -2.61. The SMILES string of the molecule is Cc1ccc(C23C[C@H]4C[C@@H](CC(C(=O)NN(C)C)(C4)C2)C3)cc1. The van der Waals surface area contributed by atoms with Crippen LogP contribution in [0.1, 0.15) is 49.7 Å². The zero-order valence-electron chi connectivity index (χ0n) is 14.6. The van der Waals surface area contributed by atoms with Crippen LogP contribution in [-0.4, -0.2) is 25.0 Å². The number of benzene rings is 1. The summed E-state index contributed by atoms with van der Waals surface area (Å²) < 4.78 is 0. The number of nitrogens with one attached hydrogen (secondary N) is 1. The molecule has 4 aliphatic carbocycles. The first-order chi connectivity index (χ1) is 10.9. The second kappa shape index (κ2) is 5.07. The van der Waals surface area contributed by atoms with Crippen LogP contribution < -0.4 is 5.43 Å². The van der Waals surface area contributed by atoms with Gasteiger partial charge in [-0.05, 0) is 68.3 Å². The van der Waals surface area contributed by atoms with Crippen molar-refractivity contribution in [3.05, 3.63) is 35.4 Å². The summed E-state index contributed by atoms with van der Waals surface area (Å²) in [6, 6.07) is 9.11. The number of rotatable bonds is 3. The monoisotopic (exact) mass is 312 g/mol. The maximum absolute atomic E-state index is 13.0. The van der Waals surface area contributed by atoms with Gasteiger partial charge in [-0.25, -0.2) is 5.01 Å². The van der Waals surface area contributed by atoms with Crippen LogP contribution in [0.5, 0.6) is 0 Å². The molecule has 1 aromatic rings. The molecular formula is C20H28N2O. The number of aryl methyl sites for hydroxylation is 1. The van der Waals surface area contributed by atoms with Crippen molar-refractivity contribution in [1.82, 2.24) is 10.4 Å². The summed E-state index contributed by atoms with van der Waals surface area (Å²) in [5.74, 6) is 1.71. The number of hydrogen-bond donors (Lipinski definition) is 1.